The molecular weight excluding hydrogens is 540 g/mol. The van der Waals surface area contributed by atoms with Gasteiger partial charge in [-0.15, -0.1) is 11.8 Å². The summed E-state index contributed by atoms with van der Waals surface area (Å²) in [5, 5.41) is 23.3. The van der Waals surface area contributed by atoms with Crippen molar-refractivity contribution >= 4 is 47.3 Å². The second-order valence-electron chi connectivity index (χ2n) is 8.05. The molecule has 3 heterocycles. The highest BCUT2D eigenvalue weighted by Gasteiger charge is 2.54. The summed E-state index contributed by atoms with van der Waals surface area (Å²) in [4.78, 5) is 63.4. The first-order valence-corrected chi connectivity index (χ1v) is 12.5. The van der Waals surface area contributed by atoms with Gasteiger partial charge in [0.2, 0.25) is 5.71 Å². The summed E-state index contributed by atoms with van der Waals surface area (Å²) in [5.41, 5.74) is 15.1. The van der Waals surface area contributed by atoms with Crippen LogP contribution in [0.25, 0.3) is 0 Å². The standard InChI is InChI=1S/C16H16N4O8S.C6H14N2O2/c1-26-19-9(8-3-2-4-27-8)12(21)18-10-13(22)20-11(15(23)24)7(5-28-16(17)25)6-29-14(10)20;7-4-2-1-3-5(8)6(9)10/h2-4,10,14H,5-6H2,1H3,(H2,17,25)(H,18,21)(H,23,24);5H,1-4,7-8H2,(H,9,10)/b19-9-;/t10-,14-;5-/m10/s1. The predicted octanol–water partition coefficient (Wildman–Crippen LogP) is -1.01. The van der Waals surface area contributed by atoms with Crippen molar-refractivity contribution in [3.63, 3.8) is 0 Å². The number of aliphatic carboxylic acids is 2. The van der Waals surface area contributed by atoms with Crippen LogP contribution in [0, 0.1) is 0 Å². The molecule has 1 aromatic rings. The van der Waals surface area contributed by atoms with E-state index in [9.17, 15) is 29.1 Å². The number of fused-ring (bicyclic) bond motifs is 1. The van der Waals surface area contributed by atoms with Crippen molar-refractivity contribution in [3.05, 3.63) is 35.4 Å². The number of nitrogens with one attached hydrogen (secondary N) is 1. The van der Waals surface area contributed by atoms with E-state index in [0.717, 1.165) is 17.7 Å². The molecule has 0 unspecified atom stereocenters. The van der Waals surface area contributed by atoms with Gasteiger partial charge in [-0.3, -0.25) is 19.3 Å². The minimum Gasteiger partial charge on any atom is -0.480 e. The van der Waals surface area contributed by atoms with Gasteiger partial charge in [-0.1, -0.05) is 11.6 Å². The highest BCUT2D eigenvalue weighted by molar-refractivity contribution is 8.00. The molecule has 0 aromatic carbocycles. The number of carbonyl (C=O) groups is 5. The van der Waals surface area contributed by atoms with Crippen molar-refractivity contribution in [2.45, 2.75) is 36.7 Å². The summed E-state index contributed by atoms with van der Waals surface area (Å²) in [6.07, 6.45) is 2.45. The minimum absolute atomic E-state index is 0.140. The van der Waals surface area contributed by atoms with Crippen LogP contribution in [0.2, 0.25) is 0 Å². The maximum Gasteiger partial charge on any atom is 0.404 e. The van der Waals surface area contributed by atoms with Crippen LogP contribution in [0.1, 0.15) is 25.0 Å². The molecular formula is C22H30N6O10S. The molecule has 3 amide bonds. The molecule has 1 saturated heterocycles. The molecule has 1 fully saturated rings. The molecule has 39 heavy (non-hydrogen) atoms. The van der Waals surface area contributed by atoms with Gasteiger partial charge < -0.3 is 46.7 Å². The lowest BCUT2D eigenvalue weighted by Gasteiger charge is -2.49. The van der Waals surface area contributed by atoms with E-state index < -0.39 is 47.3 Å². The third-order valence-corrected chi connectivity index (χ3v) is 6.70. The number of carboxylic acids is 2. The van der Waals surface area contributed by atoms with Crippen molar-refractivity contribution < 1.29 is 48.2 Å². The van der Waals surface area contributed by atoms with Gasteiger partial charge in [-0.2, -0.15) is 0 Å². The summed E-state index contributed by atoms with van der Waals surface area (Å²) in [5.74, 6) is -3.32. The Kier molecular flexibility index (Phi) is 11.8. The third-order valence-electron chi connectivity index (χ3n) is 5.36. The number of hydrogen-bond acceptors (Lipinski definition) is 12. The summed E-state index contributed by atoms with van der Waals surface area (Å²) in [6, 6.07) is 1.36. The molecule has 2 aliphatic rings. The van der Waals surface area contributed by atoms with Crippen molar-refractivity contribution in [2.24, 2.45) is 22.4 Å². The maximum absolute atomic E-state index is 12.6. The Bertz CT molecular complexity index is 1120. The van der Waals surface area contributed by atoms with Gasteiger partial charge in [-0.05, 0) is 31.5 Å². The summed E-state index contributed by atoms with van der Waals surface area (Å²) in [6.45, 7) is 0.257. The van der Waals surface area contributed by atoms with E-state index in [0.29, 0.717) is 13.0 Å². The molecule has 3 rings (SSSR count). The van der Waals surface area contributed by atoms with Crippen molar-refractivity contribution in [1.82, 2.24) is 10.2 Å². The smallest absolute Gasteiger partial charge is 0.404 e. The van der Waals surface area contributed by atoms with E-state index >= 15 is 0 Å². The number of unbranched alkanes of at least 4 members (excludes halogenated alkanes) is 1. The molecule has 1 aromatic heterocycles. The van der Waals surface area contributed by atoms with E-state index in [1.54, 1.807) is 6.07 Å². The normalized spacial score (nSPS) is 19.1. The molecule has 9 N–H and O–H groups in total. The van der Waals surface area contributed by atoms with Gasteiger partial charge in [0.1, 0.15) is 36.9 Å². The second-order valence-corrected chi connectivity index (χ2v) is 9.16. The number of nitrogens with two attached hydrogens (primary N) is 3. The molecule has 214 valence electrons. The molecule has 0 radical (unpaired) electrons. The fourth-order valence-electron chi connectivity index (χ4n) is 3.50. The minimum atomic E-state index is -1.35. The number of primary amides is 1. The van der Waals surface area contributed by atoms with E-state index in [1.165, 1.54) is 31.2 Å². The predicted molar refractivity (Wildman–Crippen MR) is 136 cm³/mol. The molecule has 17 heteroatoms. The topological polar surface area (TPSA) is 263 Å². The lowest BCUT2D eigenvalue weighted by atomic mass is 10.0. The van der Waals surface area contributed by atoms with Gasteiger partial charge in [0.05, 0.1) is 6.26 Å². The lowest BCUT2D eigenvalue weighted by molar-refractivity contribution is -0.150. The number of thioether (sulfide) groups is 1. The molecule has 16 nitrogen and oxygen atoms in total. The number of carboxylic acid groups (broad SMARTS) is 2. The number of ether oxygens (including phenoxy) is 1. The van der Waals surface area contributed by atoms with Gasteiger partial charge in [0.15, 0.2) is 5.76 Å². The van der Waals surface area contributed by atoms with E-state index in [2.05, 4.69) is 20.0 Å². The zero-order valence-electron chi connectivity index (χ0n) is 20.9. The van der Waals surface area contributed by atoms with Crippen LogP contribution >= 0.6 is 11.8 Å². The van der Waals surface area contributed by atoms with Crippen molar-refractivity contribution in [1.29, 1.82) is 0 Å². The first kappa shape index (κ1) is 31.1. The van der Waals surface area contributed by atoms with Gasteiger partial charge in [-0.25, -0.2) is 9.59 Å². The van der Waals surface area contributed by atoms with Crippen LogP contribution < -0.4 is 22.5 Å². The van der Waals surface area contributed by atoms with Gasteiger partial charge >= 0.3 is 18.0 Å². The number of furan rings is 1. The van der Waals surface area contributed by atoms with E-state index in [1.807, 2.05) is 0 Å². The molecule has 0 spiro atoms. The molecule has 0 bridgehead atoms. The van der Waals surface area contributed by atoms with Crippen molar-refractivity contribution in [3.8, 4) is 0 Å². The number of hydrogen-bond donors (Lipinski definition) is 6. The van der Waals surface area contributed by atoms with Crippen LogP contribution in [0.4, 0.5) is 4.79 Å². The molecule has 3 atom stereocenters. The Labute approximate surface area is 226 Å². The average molecular weight is 571 g/mol. The van der Waals surface area contributed by atoms with Crippen LogP contribution in [0.3, 0.4) is 0 Å². The SMILES string of the molecule is CO/N=C(\C(=O)N[C@@H]1C(=O)N2C(C(=O)O)=C(COC(N)=O)CS[C@H]12)c1ccco1.NCCCC[C@H](N)C(=O)O. The maximum atomic E-state index is 12.6. The fraction of sp³-hybridized carbons (Fsp3) is 0.455. The summed E-state index contributed by atoms with van der Waals surface area (Å²) in [7, 11) is 1.25. The Morgan fingerprint density at radius 1 is 1.31 bits per heavy atom. The van der Waals surface area contributed by atoms with Crippen LogP contribution in [0.15, 0.2) is 39.2 Å². The summed E-state index contributed by atoms with van der Waals surface area (Å²) < 4.78 is 9.79. The van der Waals surface area contributed by atoms with Gasteiger partial charge in [0, 0.05) is 11.3 Å². The fourth-order valence-corrected chi connectivity index (χ4v) is 4.82. The number of oxime groups is 1. The molecule has 0 saturated carbocycles. The largest absolute Gasteiger partial charge is 0.480 e. The molecule has 0 aliphatic carbocycles. The highest BCUT2D eigenvalue weighted by Crippen LogP contribution is 2.40. The quantitative estimate of drug-likeness (QED) is 0.0762. The zero-order chi connectivity index (χ0) is 29.1. The van der Waals surface area contributed by atoms with E-state index in [-0.39, 0.29) is 35.1 Å². The number of β-lactam (4-membered cyclic amide) rings is 1. The van der Waals surface area contributed by atoms with E-state index in [4.69, 9.17) is 26.7 Å². The Morgan fingerprint density at radius 2 is 2.03 bits per heavy atom. The van der Waals surface area contributed by atoms with Crippen molar-refractivity contribution in [2.75, 3.05) is 26.0 Å². The van der Waals surface area contributed by atoms with Crippen LogP contribution in [-0.2, 0) is 28.8 Å². The van der Waals surface area contributed by atoms with Crippen LogP contribution in [0.5, 0.6) is 0 Å². The number of carbonyl (C=O) groups excluding carboxylic acids is 3. The Balaban J connectivity index is 0.000000455. The summed E-state index contributed by atoms with van der Waals surface area (Å²) >= 11 is 1.21. The molecule has 2 aliphatic heterocycles. The highest BCUT2D eigenvalue weighted by atomic mass is 32.2. The van der Waals surface area contributed by atoms with Crippen LogP contribution in [-0.4, -0.2) is 94.1 Å². The third kappa shape index (κ3) is 8.20. The Morgan fingerprint density at radius 3 is 2.56 bits per heavy atom. The number of rotatable bonds is 12. The number of nitrogens with zero attached hydrogens (tertiary/aromatic N) is 2. The lowest BCUT2D eigenvalue weighted by Crippen LogP contribution is -2.71. The average Bonchev–Trinajstić information content (AvgIpc) is 3.43. The number of amides is 3. The first-order valence-electron chi connectivity index (χ1n) is 11.5. The van der Waals surface area contributed by atoms with Gasteiger partial charge in [0.25, 0.3) is 11.8 Å². The monoisotopic (exact) mass is 570 g/mol. The first-order chi connectivity index (χ1) is 18.5. The second kappa shape index (κ2) is 14.7. The zero-order valence-corrected chi connectivity index (χ0v) is 21.7. The Hall–Kier alpha value is -4.09.